The topological polar surface area (TPSA) is 30.5 Å². The van der Waals surface area contributed by atoms with Crippen LogP contribution in [0.3, 0.4) is 0 Å². The van der Waals surface area contributed by atoms with E-state index in [-0.39, 0.29) is 11.2 Å². The molecule has 172 valence electrons. The predicted octanol–water partition coefficient (Wildman–Crippen LogP) is 8.62. The van der Waals surface area contributed by atoms with Crippen molar-refractivity contribution in [1.82, 2.24) is 0 Å². The molecule has 0 aliphatic carbocycles. The summed E-state index contributed by atoms with van der Waals surface area (Å²) in [7, 11) is 0. The maximum absolute atomic E-state index is 5.73. The molecule has 1 N–H and O–H groups in total. The van der Waals surface area contributed by atoms with Gasteiger partial charge in [0.25, 0.3) is 0 Å². The van der Waals surface area contributed by atoms with Gasteiger partial charge in [-0.05, 0) is 101 Å². The third-order valence-electron chi connectivity index (χ3n) is 4.48. The fourth-order valence-corrected chi connectivity index (χ4v) is 3.24. The van der Waals surface area contributed by atoms with Crippen molar-refractivity contribution in [1.29, 1.82) is 0 Å². The van der Waals surface area contributed by atoms with Gasteiger partial charge in [0.1, 0.15) is 22.7 Å². The number of nitrogens with one attached hydrogen (secondary N) is 1. The van der Waals surface area contributed by atoms with Crippen LogP contribution in [0.15, 0.2) is 97.1 Å². The Morgan fingerprint density at radius 2 is 0.970 bits per heavy atom. The third-order valence-corrected chi connectivity index (χ3v) is 4.48. The summed E-state index contributed by atoms with van der Waals surface area (Å²) in [4.78, 5) is 0. The quantitative estimate of drug-likeness (QED) is 0.344. The van der Waals surface area contributed by atoms with Crippen molar-refractivity contribution in [2.24, 2.45) is 0 Å². The first-order valence-electron chi connectivity index (χ1n) is 11.4. The SMILES string of the molecule is CC(C)(C)Oc1ccc(OC(C)(C)C)cc1.c1ccc(Nc2ccc3ccccc3c2)cc1. The molecule has 3 nitrogen and oxygen atoms in total. The van der Waals surface area contributed by atoms with E-state index in [0.717, 1.165) is 22.9 Å². The van der Waals surface area contributed by atoms with Crippen LogP contribution in [0.5, 0.6) is 11.5 Å². The van der Waals surface area contributed by atoms with Crippen LogP contribution in [0.25, 0.3) is 10.8 Å². The monoisotopic (exact) mass is 441 g/mol. The smallest absolute Gasteiger partial charge is 0.120 e. The van der Waals surface area contributed by atoms with E-state index in [1.54, 1.807) is 0 Å². The van der Waals surface area contributed by atoms with E-state index >= 15 is 0 Å². The Morgan fingerprint density at radius 1 is 0.485 bits per heavy atom. The molecule has 0 unspecified atom stereocenters. The molecule has 0 aromatic heterocycles. The van der Waals surface area contributed by atoms with Gasteiger partial charge in [0.05, 0.1) is 0 Å². The lowest BCUT2D eigenvalue weighted by Gasteiger charge is -2.23. The van der Waals surface area contributed by atoms with Gasteiger partial charge in [-0.1, -0.05) is 48.5 Å². The summed E-state index contributed by atoms with van der Waals surface area (Å²) in [5, 5.41) is 5.92. The van der Waals surface area contributed by atoms with Crippen molar-refractivity contribution in [2.45, 2.75) is 52.7 Å². The predicted molar refractivity (Wildman–Crippen MR) is 141 cm³/mol. The molecule has 4 aromatic rings. The molecule has 0 saturated heterocycles. The van der Waals surface area contributed by atoms with Crippen LogP contribution in [0.4, 0.5) is 11.4 Å². The summed E-state index contributed by atoms with van der Waals surface area (Å²) < 4.78 is 11.5. The number of rotatable bonds is 4. The number of fused-ring (bicyclic) bond motifs is 1. The van der Waals surface area contributed by atoms with Crippen LogP contribution in [0, 0.1) is 0 Å². The molecule has 33 heavy (non-hydrogen) atoms. The number of anilines is 2. The molecule has 0 amide bonds. The van der Waals surface area contributed by atoms with E-state index < -0.39 is 0 Å². The van der Waals surface area contributed by atoms with Gasteiger partial charge in [0.2, 0.25) is 0 Å². The molecule has 0 fully saturated rings. The number of hydrogen-bond donors (Lipinski definition) is 1. The van der Waals surface area contributed by atoms with E-state index in [1.165, 1.54) is 10.8 Å². The highest BCUT2D eigenvalue weighted by molar-refractivity contribution is 5.86. The number of hydrogen-bond acceptors (Lipinski definition) is 3. The van der Waals surface area contributed by atoms with Gasteiger partial charge in [0.15, 0.2) is 0 Å². The van der Waals surface area contributed by atoms with Gasteiger partial charge < -0.3 is 14.8 Å². The van der Waals surface area contributed by atoms with Crippen LogP contribution >= 0.6 is 0 Å². The maximum atomic E-state index is 5.73. The van der Waals surface area contributed by atoms with E-state index in [2.05, 4.69) is 59.9 Å². The Bertz CT molecular complexity index is 1100. The molecule has 0 radical (unpaired) electrons. The van der Waals surface area contributed by atoms with E-state index in [4.69, 9.17) is 9.47 Å². The molecule has 0 heterocycles. The van der Waals surface area contributed by atoms with E-state index in [1.807, 2.05) is 84.0 Å². The second-order valence-electron chi connectivity index (χ2n) is 9.95. The molecule has 0 saturated carbocycles. The first kappa shape index (κ1) is 24.2. The lowest BCUT2D eigenvalue weighted by Crippen LogP contribution is -2.23. The zero-order chi connectivity index (χ0) is 23.9. The van der Waals surface area contributed by atoms with Gasteiger partial charge >= 0.3 is 0 Å². The standard InChI is InChI=1S/C16H13N.C14H22O2/c1-2-8-15(9-3-1)17-16-11-10-13-6-4-5-7-14(13)12-16;1-13(2,3)15-11-7-9-12(10-8-11)16-14(4,5)6/h1-12,17H;7-10H,1-6H3. The molecule has 0 spiro atoms. The summed E-state index contributed by atoms with van der Waals surface area (Å²) in [5.74, 6) is 1.74. The molecule has 4 aromatic carbocycles. The first-order chi connectivity index (χ1) is 15.6. The zero-order valence-electron chi connectivity index (χ0n) is 20.6. The van der Waals surface area contributed by atoms with Crippen LogP contribution in [0.2, 0.25) is 0 Å². The molecular formula is C30H35NO2. The Morgan fingerprint density at radius 3 is 1.48 bits per heavy atom. The lowest BCUT2D eigenvalue weighted by molar-refractivity contribution is 0.125. The summed E-state index contributed by atoms with van der Waals surface area (Å²) in [6, 6.07) is 32.8. The average molecular weight is 442 g/mol. The normalized spacial score (nSPS) is 11.3. The van der Waals surface area contributed by atoms with Gasteiger partial charge in [-0.15, -0.1) is 0 Å². The van der Waals surface area contributed by atoms with Crippen molar-refractivity contribution in [3.8, 4) is 11.5 Å². The van der Waals surface area contributed by atoms with Gasteiger partial charge in [-0.25, -0.2) is 0 Å². The third kappa shape index (κ3) is 8.53. The largest absolute Gasteiger partial charge is 0.488 e. The lowest BCUT2D eigenvalue weighted by atomic mass is 10.1. The minimum absolute atomic E-state index is 0.160. The van der Waals surface area contributed by atoms with Crippen molar-refractivity contribution >= 4 is 22.1 Å². The molecule has 0 aliphatic heterocycles. The fourth-order valence-electron chi connectivity index (χ4n) is 3.24. The molecule has 0 aliphatic rings. The van der Waals surface area contributed by atoms with E-state index in [9.17, 15) is 0 Å². The molecule has 3 heteroatoms. The fraction of sp³-hybridized carbons (Fsp3) is 0.267. The van der Waals surface area contributed by atoms with Gasteiger partial charge in [0, 0.05) is 11.4 Å². The summed E-state index contributed by atoms with van der Waals surface area (Å²) in [6.45, 7) is 12.2. The van der Waals surface area contributed by atoms with E-state index in [0.29, 0.717) is 0 Å². The minimum Gasteiger partial charge on any atom is -0.488 e. The van der Waals surface area contributed by atoms with Crippen LogP contribution in [0.1, 0.15) is 41.5 Å². The molecular weight excluding hydrogens is 406 g/mol. The van der Waals surface area contributed by atoms with Crippen molar-refractivity contribution in [3.63, 3.8) is 0 Å². The highest BCUT2D eigenvalue weighted by Gasteiger charge is 2.13. The molecule has 0 atom stereocenters. The molecule has 4 rings (SSSR count). The average Bonchev–Trinajstić information content (AvgIpc) is 2.74. The van der Waals surface area contributed by atoms with Crippen molar-refractivity contribution in [2.75, 3.05) is 5.32 Å². The van der Waals surface area contributed by atoms with Crippen molar-refractivity contribution in [3.05, 3.63) is 97.1 Å². The maximum Gasteiger partial charge on any atom is 0.120 e. The zero-order valence-corrected chi connectivity index (χ0v) is 20.6. The summed E-state index contributed by atoms with van der Waals surface area (Å²) in [6.07, 6.45) is 0. The number of benzene rings is 4. The highest BCUT2D eigenvalue weighted by atomic mass is 16.5. The van der Waals surface area contributed by atoms with Crippen LogP contribution < -0.4 is 14.8 Å². The minimum atomic E-state index is -0.160. The van der Waals surface area contributed by atoms with Crippen LogP contribution in [-0.4, -0.2) is 11.2 Å². The summed E-state index contributed by atoms with van der Waals surface area (Å²) >= 11 is 0. The van der Waals surface area contributed by atoms with Gasteiger partial charge in [-0.2, -0.15) is 0 Å². The van der Waals surface area contributed by atoms with Crippen LogP contribution in [-0.2, 0) is 0 Å². The Kier molecular flexibility index (Phi) is 7.65. The Labute approximate surface area is 198 Å². The van der Waals surface area contributed by atoms with Gasteiger partial charge in [-0.3, -0.25) is 0 Å². The molecule has 0 bridgehead atoms. The Balaban J connectivity index is 0.000000186. The highest BCUT2D eigenvalue weighted by Crippen LogP contribution is 2.24. The summed E-state index contributed by atoms with van der Waals surface area (Å²) in [5.41, 5.74) is 1.91. The first-order valence-corrected chi connectivity index (χ1v) is 11.4. The number of para-hydroxylation sites is 1. The number of ether oxygens (including phenoxy) is 2. The Hall–Kier alpha value is -3.46. The van der Waals surface area contributed by atoms with Crippen molar-refractivity contribution < 1.29 is 9.47 Å². The second-order valence-corrected chi connectivity index (χ2v) is 9.95. The second kappa shape index (κ2) is 10.4.